The summed E-state index contributed by atoms with van der Waals surface area (Å²) in [5.74, 6) is 2.71. The highest BCUT2D eigenvalue weighted by atomic mass is 32.2. The van der Waals surface area contributed by atoms with E-state index in [1.165, 1.54) is 0 Å². The summed E-state index contributed by atoms with van der Waals surface area (Å²) in [5, 5.41) is 8.01. The smallest absolute Gasteiger partial charge is 0.408 e. The van der Waals surface area contributed by atoms with Crippen molar-refractivity contribution in [3.63, 3.8) is 0 Å². The van der Waals surface area contributed by atoms with Gasteiger partial charge in [-0.2, -0.15) is 23.5 Å². The van der Waals surface area contributed by atoms with Crippen LogP contribution in [-0.4, -0.2) is 88.3 Å². The van der Waals surface area contributed by atoms with Gasteiger partial charge < -0.3 is 30.3 Å². The Kier molecular flexibility index (Phi) is 12.8. The topological polar surface area (TPSA) is 126 Å². The van der Waals surface area contributed by atoms with Gasteiger partial charge in [0.25, 0.3) is 0 Å². The fourth-order valence-electron chi connectivity index (χ4n) is 3.50. The van der Waals surface area contributed by atoms with Crippen LogP contribution in [0.3, 0.4) is 0 Å². The summed E-state index contributed by atoms with van der Waals surface area (Å²) >= 11 is 3.30. The second-order valence-electron chi connectivity index (χ2n) is 11.1. The SMILES string of the molecule is CC(C)(C)OC(=O)NC1CSCCN(Cc2ccccc2)C1=O.CC(C)(C)OC(=O)NC1CSCCNC1=O. The van der Waals surface area contributed by atoms with Gasteiger partial charge in [0, 0.05) is 42.6 Å². The van der Waals surface area contributed by atoms with Crippen LogP contribution in [0, 0.1) is 0 Å². The van der Waals surface area contributed by atoms with Crippen molar-refractivity contribution in [3.05, 3.63) is 35.9 Å². The van der Waals surface area contributed by atoms with Crippen LogP contribution < -0.4 is 16.0 Å². The van der Waals surface area contributed by atoms with Crippen LogP contribution in [-0.2, 0) is 25.6 Å². The number of amides is 4. The number of alkyl carbamates (subject to hydrolysis) is 2. The molecule has 1 aromatic rings. The van der Waals surface area contributed by atoms with Crippen LogP contribution in [0.15, 0.2) is 30.3 Å². The molecule has 2 aliphatic rings. The molecule has 2 atom stereocenters. The maximum Gasteiger partial charge on any atom is 0.408 e. The summed E-state index contributed by atoms with van der Waals surface area (Å²) in [6, 6.07) is 8.84. The van der Waals surface area contributed by atoms with E-state index in [0.29, 0.717) is 31.1 Å². The summed E-state index contributed by atoms with van der Waals surface area (Å²) < 4.78 is 10.3. The lowest BCUT2D eigenvalue weighted by Gasteiger charge is -2.26. The van der Waals surface area contributed by atoms with Gasteiger partial charge in [-0.1, -0.05) is 30.3 Å². The summed E-state index contributed by atoms with van der Waals surface area (Å²) in [4.78, 5) is 49.4. The quantitative estimate of drug-likeness (QED) is 0.493. The van der Waals surface area contributed by atoms with Crippen molar-refractivity contribution in [2.24, 2.45) is 0 Å². The molecular weight excluding hydrogens is 540 g/mol. The van der Waals surface area contributed by atoms with Gasteiger partial charge in [-0.25, -0.2) is 9.59 Å². The first-order valence-electron chi connectivity index (χ1n) is 13.0. The van der Waals surface area contributed by atoms with E-state index >= 15 is 0 Å². The molecule has 218 valence electrons. The molecule has 10 nitrogen and oxygen atoms in total. The molecule has 1 aromatic carbocycles. The van der Waals surface area contributed by atoms with E-state index in [1.54, 1.807) is 70.0 Å². The Labute approximate surface area is 240 Å². The Bertz CT molecular complexity index is 965. The number of rotatable bonds is 4. The molecule has 2 unspecified atom stereocenters. The second-order valence-corrected chi connectivity index (χ2v) is 13.4. The molecule has 3 rings (SSSR count). The number of nitrogens with zero attached hydrogens (tertiary/aromatic N) is 1. The zero-order chi connectivity index (χ0) is 29.1. The van der Waals surface area contributed by atoms with Gasteiger partial charge >= 0.3 is 12.2 Å². The molecule has 2 fully saturated rings. The summed E-state index contributed by atoms with van der Waals surface area (Å²) in [7, 11) is 0. The normalized spacial score (nSPS) is 20.3. The molecular formula is C27H42N4O6S2. The molecule has 2 saturated heterocycles. The lowest BCUT2D eigenvalue weighted by Crippen LogP contribution is -2.49. The summed E-state index contributed by atoms with van der Waals surface area (Å²) in [6.45, 7) is 12.7. The molecule has 3 N–H and O–H groups in total. The number of hydrogen-bond acceptors (Lipinski definition) is 8. The van der Waals surface area contributed by atoms with Crippen molar-refractivity contribution < 1.29 is 28.7 Å². The third kappa shape index (κ3) is 13.3. The highest BCUT2D eigenvalue weighted by Gasteiger charge is 2.30. The number of ether oxygens (including phenoxy) is 2. The van der Waals surface area contributed by atoms with Crippen LogP contribution in [0.25, 0.3) is 0 Å². The maximum atomic E-state index is 12.7. The Morgan fingerprint density at radius 1 is 0.897 bits per heavy atom. The van der Waals surface area contributed by atoms with Crippen molar-refractivity contribution in [1.29, 1.82) is 0 Å². The van der Waals surface area contributed by atoms with E-state index in [4.69, 9.17) is 9.47 Å². The van der Waals surface area contributed by atoms with Crippen LogP contribution in [0.1, 0.15) is 47.1 Å². The number of thioether (sulfide) groups is 2. The van der Waals surface area contributed by atoms with Crippen LogP contribution in [0.5, 0.6) is 0 Å². The number of carbonyl (C=O) groups excluding carboxylic acids is 4. The standard InChI is InChI=1S/C17H24N2O3S.C10H18N2O3S/c1-17(2,3)22-16(21)18-14-12-23-10-9-19(15(14)20)11-13-7-5-4-6-8-13;1-10(2,3)15-9(14)12-7-6-16-5-4-11-8(7)13/h4-8,14H,9-12H2,1-3H3,(H,18,21);7H,4-6H2,1-3H3,(H,11,13)(H,12,14). The minimum Gasteiger partial charge on any atom is -0.444 e. The highest BCUT2D eigenvalue weighted by molar-refractivity contribution is 7.99. The van der Waals surface area contributed by atoms with Gasteiger partial charge in [-0.05, 0) is 47.1 Å². The van der Waals surface area contributed by atoms with Crippen LogP contribution in [0.4, 0.5) is 9.59 Å². The lowest BCUT2D eigenvalue weighted by atomic mass is 10.2. The Morgan fingerprint density at radius 3 is 2.03 bits per heavy atom. The average molecular weight is 583 g/mol. The number of nitrogens with one attached hydrogen (secondary N) is 3. The minimum absolute atomic E-state index is 0.0512. The van der Waals surface area contributed by atoms with Gasteiger partial charge in [0.2, 0.25) is 11.8 Å². The van der Waals surface area contributed by atoms with Gasteiger partial charge in [0.15, 0.2) is 0 Å². The molecule has 4 amide bonds. The van der Waals surface area contributed by atoms with Crippen LogP contribution in [0.2, 0.25) is 0 Å². The molecule has 0 radical (unpaired) electrons. The van der Waals surface area contributed by atoms with Crippen molar-refractivity contribution in [3.8, 4) is 0 Å². The van der Waals surface area contributed by atoms with E-state index in [-0.39, 0.29) is 11.8 Å². The predicted molar refractivity (Wildman–Crippen MR) is 156 cm³/mol. The van der Waals surface area contributed by atoms with E-state index < -0.39 is 35.5 Å². The molecule has 0 saturated carbocycles. The Morgan fingerprint density at radius 2 is 1.44 bits per heavy atom. The molecule has 2 heterocycles. The monoisotopic (exact) mass is 582 g/mol. The molecule has 0 bridgehead atoms. The molecule has 39 heavy (non-hydrogen) atoms. The molecule has 0 spiro atoms. The highest BCUT2D eigenvalue weighted by Crippen LogP contribution is 2.16. The van der Waals surface area contributed by atoms with E-state index in [0.717, 1.165) is 17.1 Å². The van der Waals surface area contributed by atoms with Crippen molar-refractivity contribution >= 4 is 47.5 Å². The Hall–Kier alpha value is -2.60. The zero-order valence-electron chi connectivity index (χ0n) is 23.7. The average Bonchev–Trinajstić information content (AvgIpc) is 3.11. The van der Waals surface area contributed by atoms with E-state index in [1.807, 2.05) is 30.3 Å². The van der Waals surface area contributed by atoms with Gasteiger partial charge in [0.1, 0.15) is 23.3 Å². The first kappa shape index (κ1) is 32.6. The van der Waals surface area contributed by atoms with Crippen molar-refractivity contribution in [1.82, 2.24) is 20.9 Å². The lowest BCUT2D eigenvalue weighted by molar-refractivity contribution is -0.133. The third-order valence-corrected chi connectivity index (χ3v) is 7.25. The number of benzene rings is 1. The number of hydrogen-bond donors (Lipinski definition) is 3. The first-order valence-corrected chi connectivity index (χ1v) is 15.3. The van der Waals surface area contributed by atoms with Gasteiger partial charge in [-0.15, -0.1) is 0 Å². The predicted octanol–water partition coefficient (Wildman–Crippen LogP) is 3.40. The third-order valence-electron chi connectivity index (χ3n) is 5.14. The fraction of sp³-hybridized carbons (Fsp3) is 0.630. The Balaban J connectivity index is 0.000000293. The molecule has 12 heteroatoms. The van der Waals surface area contributed by atoms with Gasteiger partial charge in [-0.3, -0.25) is 9.59 Å². The van der Waals surface area contributed by atoms with Crippen molar-refractivity contribution in [2.45, 2.75) is 71.4 Å². The van der Waals surface area contributed by atoms with E-state index in [9.17, 15) is 19.2 Å². The molecule has 0 aliphatic carbocycles. The number of carbonyl (C=O) groups is 4. The summed E-state index contributed by atoms with van der Waals surface area (Å²) in [5.41, 5.74) is -0.0311. The maximum absolute atomic E-state index is 12.7. The van der Waals surface area contributed by atoms with E-state index in [2.05, 4.69) is 16.0 Å². The largest absolute Gasteiger partial charge is 0.444 e. The molecule has 0 aromatic heterocycles. The van der Waals surface area contributed by atoms with Crippen molar-refractivity contribution in [2.75, 3.05) is 36.1 Å². The first-order chi connectivity index (χ1) is 18.2. The second kappa shape index (κ2) is 15.3. The molecule has 2 aliphatic heterocycles. The van der Waals surface area contributed by atoms with Gasteiger partial charge in [0.05, 0.1) is 0 Å². The fourth-order valence-corrected chi connectivity index (χ4v) is 5.36. The van der Waals surface area contributed by atoms with Crippen LogP contribution >= 0.6 is 23.5 Å². The zero-order valence-corrected chi connectivity index (χ0v) is 25.3. The minimum atomic E-state index is -0.575. The summed E-state index contributed by atoms with van der Waals surface area (Å²) in [6.07, 6.45) is -1.09.